The Hall–Kier alpha value is -1.78. The Balaban J connectivity index is 2.19. The van der Waals surface area contributed by atoms with Crippen LogP contribution in [0.25, 0.3) is 0 Å². The van der Waals surface area contributed by atoms with Crippen molar-refractivity contribution in [3.8, 4) is 5.75 Å². The molecule has 0 saturated carbocycles. The molecule has 0 atom stereocenters. The normalized spacial score (nSPS) is 10.3. The maximum atomic E-state index is 5.99. The lowest BCUT2D eigenvalue weighted by Gasteiger charge is -2.14. The second-order valence-electron chi connectivity index (χ2n) is 4.31. The van der Waals surface area contributed by atoms with E-state index in [0.717, 1.165) is 22.4 Å². The molecule has 100 valence electrons. The van der Waals surface area contributed by atoms with Crippen LogP contribution in [-0.2, 0) is 6.61 Å². The van der Waals surface area contributed by atoms with Crippen molar-refractivity contribution in [2.24, 2.45) is 5.84 Å². The number of aromatic nitrogens is 1. The highest BCUT2D eigenvalue weighted by molar-refractivity contribution is 6.30. The third kappa shape index (κ3) is 3.16. The Morgan fingerprint density at radius 1 is 1.32 bits per heavy atom. The topological polar surface area (TPSA) is 60.2 Å². The van der Waals surface area contributed by atoms with E-state index in [1.807, 2.05) is 38.1 Å². The Labute approximate surface area is 117 Å². The minimum atomic E-state index is 0.399. The average Bonchev–Trinajstić information content (AvgIpc) is 2.38. The van der Waals surface area contributed by atoms with E-state index in [2.05, 4.69) is 10.4 Å². The minimum absolute atomic E-state index is 0.399. The number of hydrogen-bond donors (Lipinski definition) is 2. The number of anilines is 1. The molecule has 0 saturated heterocycles. The van der Waals surface area contributed by atoms with Gasteiger partial charge in [-0.15, -0.1) is 0 Å². The van der Waals surface area contributed by atoms with Gasteiger partial charge in [0.15, 0.2) is 0 Å². The number of hydrazine groups is 1. The van der Waals surface area contributed by atoms with Crippen LogP contribution in [0, 0.1) is 13.8 Å². The van der Waals surface area contributed by atoms with Gasteiger partial charge in [0, 0.05) is 16.8 Å². The highest BCUT2D eigenvalue weighted by atomic mass is 35.5. The van der Waals surface area contributed by atoms with E-state index in [1.54, 1.807) is 6.20 Å². The summed E-state index contributed by atoms with van der Waals surface area (Å²) in [6.07, 6.45) is 1.68. The monoisotopic (exact) mass is 277 g/mol. The van der Waals surface area contributed by atoms with Gasteiger partial charge >= 0.3 is 0 Å². The largest absolute Gasteiger partial charge is 0.488 e. The van der Waals surface area contributed by atoms with Crippen molar-refractivity contribution in [3.05, 3.63) is 52.2 Å². The maximum absolute atomic E-state index is 5.99. The van der Waals surface area contributed by atoms with Crippen LogP contribution < -0.4 is 16.0 Å². The first kappa shape index (κ1) is 13.6. The summed E-state index contributed by atoms with van der Waals surface area (Å²) in [7, 11) is 0. The molecule has 5 heteroatoms. The van der Waals surface area contributed by atoms with Crippen molar-refractivity contribution < 1.29 is 4.74 Å². The van der Waals surface area contributed by atoms with E-state index in [4.69, 9.17) is 22.2 Å². The molecular weight excluding hydrogens is 262 g/mol. The fourth-order valence-electron chi connectivity index (χ4n) is 1.96. The summed E-state index contributed by atoms with van der Waals surface area (Å²) in [5.41, 5.74) is 5.48. The number of aryl methyl sites for hydroxylation is 2. The number of pyridine rings is 1. The maximum Gasteiger partial charge on any atom is 0.146 e. The summed E-state index contributed by atoms with van der Waals surface area (Å²) in [4.78, 5) is 4.13. The molecule has 0 unspecified atom stereocenters. The van der Waals surface area contributed by atoms with Crippen LogP contribution >= 0.6 is 11.6 Å². The fourth-order valence-corrected chi connectivity index (χ4v) is 2.29. The van der Waals surface area contributed by atoms with Crippen LogP contribution in [0.2, 0.25) is 5.02 Å². The molecule has 1 aromatic carbocycles. The third-order valence-corrected chi connectivity index (χ3v) is 3.04. The summed E-state index contributed by atoms with van der Waals surface area (Å²) >= 11 is 5.99. The molecule has 0 amide bonds. The SMILES string of the molecule is Cc1cc(Cl)cc(C)c1OCc1cccnc1NN. The zero-order chi connectivity index (χ0) is 13.8. The van der Waals surface area contributed by atoms with Gasteiger partial charge in [-0.3, -0.25) is 0 Å². The smallest absolute Gasteiger partial charge is 0.146 e. The molecule has 0 radical (unpaired) electrons. The molecule has 1 aromatic heterocycles. The van der Waals surface area contributed by atoms with Gasteiger partial charge < -0.3 is 10.2 Å². The lowest BCUT2D eigenvalue weighted by Crippen LogP contribution is -2.12. The molecule has 2 aromatic rings. The summed E-state index contributed by atoms with van der Waals surface area (Å²) in [6, 6.07) is 7.54. The number of nitrogen functional groups attached to an aromatic ring is 1. The van der Waals surface area contributed by atoms with Gasteiger partial charge in [0.25, 0.3) is 0 Å². The minimum Gasteiger partial charge on any atom is -0.488 e. The number of ether oxygens (including phenoxy) is 1. The molecule has 3 N–H and O–H groups in total. The van der Waals surface area contributed by atoms with Gasteiger partial charge in [0.05, 0.1) is 0 Å². The molecule has 0 spiro atoms. The van der Waals surface area contributed by atoms with Crippen molar-refractivity contribution in [2.75, 3.05) is 5.43 Å². The molecule has 1 heterocycles. The van der Waals surface area contributed by atoms with Crippen LogP contribution in [0.15, 0.2) is 30.5 Å². The zero-order valence-corrected chi connectivity index (χ0v) is 11.7. The summed E-state index contributed by atoms with van der Waals surface area (Å²) in [5.74, 6) is 6.87. The number of rotatable bonds is 4. The molecule has 2 rings (SSSR count). The van der Waals surface area contributed by atoms with E-state index >= 15 is 0 Å². The van der Waals surface area contributed by atoms with E-state index in [0.29, 0.717) is 17.4 Å². The number of benzene rings is 1. The Kier molecular flexibility index (Phi) is 4.24. The van der Waals surface area contributed by atoms with Crippen LogP contribution in [0.1, 0.15) is 16.7 Å². The van der Waals surface area contributed by atoms with Gasteiger partial charge in [-0.1, -0.05) is 17.7 Å². The number of halogens is 1. The molecule has 19 heavy (non-hydrogen) atoms. The molecule has 0 bridgehead atoms. The molecule has 0 aliphatic heterocycles. The lowest BCUT2D eigenvalue weighted by atomic mass is 10.1. The van der Waals surface area contributed by atoms with Gasteiger partial charge in [-0.2, -0.15) is 0 Å². The van der Waals surface area contributed by atoms with Crippen molar-refractivity contribution in [1.29, 1.82) is 0 Å². The van der Waals surface area contributed by atoms with Gasteiger partial charge in [0.2, 0.25) is 0 Å². The first-order valence-electron chi connectivity index (χ1n) is 5.92. The Bertz CT molecular complexity index is 564. The number of hydrogen-bond acceptors (Lipinski definition) is 4. The molecule has 0 fully saturated rings. The van der Waals surface area contributed by atoms with Gasteiger partial charge in [0.1, 0.15) is 18.2 Å². The lowest BCUT2D eigenvalue weighted by molar-refractivity contribution is 0.302. The van der Waals surface area contributed by atoms with Crippen LogP contribution in [-0.4, -0.2) is 4.98 Å². The predicted octanol–water partition coefficient (Wildman–Crippen LogP) is 3.22. The first-order valence-corrected chi connectivity index (χ1v) is 6.29. The highest BCUT2D eigenvalue weighted by Gasteiger charge is 2.08. The molecule has 0 aliphatic rings. The zero-order valence-electron chi connectivity index (χ0n) is 10.9. The molecule has 4 nitrogen and oxygen atoms in total. The number of nitrogens with two attached hydrogens (primary N) is 1. The first-order chi connectivity index (χ1) is 9.11. The summed E-state index contributed by atoms with van der Waals surface area (Å²) in [6.45, 7) is 4.34. The second-order valence-corrected chi connectivity index (χ2v) is 4.75. The van der Waals surface area contributed by atoms with Crippen molar-refractivity contribution in [3.63, 3.8) is 0 Å². The summed E-state index contributed by atoms with van der Waals surface area (Å²) < 4.78 is 5.86. The second kappa shape index (κ2) is 5.91. The van der Waals surface area contributed by atoms with E-state index < -0.39 is 0 Å². The number of nitrogens with one attached hydrogen (secondary N) is 1. The third-order valence-electron chi connectivity index (χ3n) is 2.83. The molecular formula is C14H16ClN3O. The summed E-state index contributed by atoms with van der Waals surface area (Å²) in [5, 5.41) is 0.716. The van der Waals surface area contributed by atoms with Crippen LogP contribution in [0.5, 0.6) is 5.75 Å². The van der Waals surface area contributed by atoms with Crippen molar-refractivity contribution in [2.45, 2.75) is 20.5 Å². The van der Waals surface area contributed by atoms with Crippen LogP contribution in [0.4, 0.5) is 5.82 Å². The predicted molar refractivity (Wildman–Crippen MR) is 77.3 cm³/mol. The van der Waals surface area contributed by atoms with Crippen LogP contribution in [0.3, 0.4) is 0 Å². The Morgan fingerprint density at radius 2 is 2.00 bits per heavy atom. The van der Waals surface area contributed by atoms with Gasteiger partial charge in [-0.05, 0) is 43.2 Å². The highest BCUT2D eigenvalue weighted by Crippen LogP contribution is 2.28. The van der Waals surface area contributed by atoms with Gasteiger partial charge in [-0.25, -0.2) is 10.8 Å². The van der Waals surface area contributed by atoms with E-state index in [9.17, 15) is 0 Å². The van der Waals surface area contributed by atoms with Crippen molar-refractivity contribution >= 4 is 17.4 Å². The number of nitrogens with zero attached hydrogens (tertiary/aromatic N) is 1. The standard InChI is InChI=1S/C14H16ClN3O/c1-9-6-12(15)7-10(2)13(9)19-8-11-4-3-5-17-14(11)18-16/h3-7H,8,16H2,1-2H3,(H,17,18). The molecule has 0 aliphatic carbocycles. The fraction of sp³-hybridized carbons (Fsp3) is 0.214. The van der Waals surface area contributed by atoms with E-state index in [1.165, 1.54) is 0 Å². The quantitative estimate of drug-likeness (QED) is 0.665. The van der Waals surface area contributed by atoms with Crippen molar-refractivity contribution in [1.82, 2.24) is 4.98 Å². The average molecular weight is 278 g/mol. The van der Waals surface area contributed by atoms with E-state index in [-0.39, 0.29) is 0 Å². The Morgan fingerprint density at radius 3 is 2.63 bits per heavy atom.